The van der Waals surface area contributed by atoms with Crippen LogP contribution in [0.25, 0.3) is 10.9 Å². The quantitative estimate of drug-likeness (QED) is 0.231. The second kappa shape index (κ2) is 12.5. The fraction of sp³-hybridized carbons (Fsp3) is 0.269. The Kier molecular flexibility index (Phi) is 9.10. The van der Waals surface area contributed by atoms with Gasteiger partial charge in [-0.15, -0.1) is 11.3 Å². The van der Waals surface area contributed by atoms with Crippen molar-refractivity contribution in [2.45, 2.75) is 37.1 Å². The molecule has 0 aliphatic rings. The minimum absolute atomic E-state index is 0.0289. The van der Waals surface area contributed by atoms with E-state index in [1.54, 1.807) is 23.7 Å². The Bertz CT molecular complexity index is 1600. The number of hydrogen-bond donors (Lipinski definition) is 2. The monoisotopic (exact) mass is 590 g/mol. The SMILES string of the molecule is CCOC(=O)CCC(=O)NCc1cccc(Cn2nc(NS(=O)(=O)c3ccc(Cl)s3)c3c(OC)cccc32)c1. The Morgan fingerprint density at radius 1 is 1.08 bits per heavy atom. The molecule has 39 heavy (non-hydrogen) atoms. The van der Waals surface area contributed by atoms with Crippen LogP contribution < -0.4 is 14.8 Å². The number of fused-ring (bicyclic) bond motifs is 1. The maximum absolute atomic E-state index is 13.0. The number of nitrogens with zero attached hydrogens (tertiary/aromatic N) is 2. The molecule has 1 amide bonds. The number of halogens is 1. The Labute approximate surface area is 234 Å². The van der Waals surface area contributed by atoms with E-state index in [0.717, 1.165) is 22.5 Å². The zero-order valence-corrected chi connectivity index (χ0v) is 23.7. The van der Waals surface area contributed by atoms with Gasteiger partial charge in [-0.1, -0.05) is 41.9 Å². The summed E-state index contributed by atoms with van der Waals surface area (Å²) >= 11 is 6.89. The van der Waals surface area contributed by atoms with Crippen molar-refractivity contribution in [2.24, 2.45) is 0 Å². The molecule has 4 rings (SSSR count). The second-order valence-electron chi connectivity index (χ2n) is 8.43. The number of carbonyl (C=O) groups excluding carboxylic acids is 2. The number of sulfonamides is 1. The topological polar surface area (TPSA) is 129 Å². The van der Waals surface area contributed by atoms with Crippen molar-refractivity contribution in [1.82, 2.24) is 15.1 Å². The maximum Gasteiger partial charge on any atom is 0.306 e. The summed E-state index contributed by atoms with van der Waals surface area (Å²) in [5.74, 6) is -0.0434. The fourth-order valence-electron chi connectivity index (χ4n) is 3.93. The van der Waals surface area contributed by atoms with Crippen molar-refractivity contribution in [1.29, 1.82) is 0 Å². The minimum Gasteiger partial charge on any atom is -0.496 e. The molecule has 13 heteroatoms. The highest BCUT2D eigenvalue weighted by atomic mass is 35.5. The van der Waals surface area contributed by atoms with Crippen LogP contribution in [0.1, 0.15) is 30.9 Å². The molecule has 0 saturated heterocycles. The van der Waals surface area contributed by atoms with Crippen molar-refractivity contribution in [2.75, 3.05) is 18.4 Å². The van der Waals surface area contributed by atoms with Gasteiger partial charge in [-0.2, -0.15) is 5.10 Å². The Hall–Kier alpha value is -3.61. The first-order valence-corrected chi connectivity index (χ1v) is 14.7. The van der Waals surface area contributed by atoms with Gasteiger partial charge in [-0.3, -0.25) is 19.0 Å². The smallest absolute Gasteiger partial charge is 0.306 e. The lowest BCUT2D eigenvalue weighted by atomic mass is 10.1. The van der Waals surface area contributed by atoms with Crippen molar-refractivity contribution in [3.63, 3.8) is 0 Å². The number of methoxy groups -OCH3 is 1. The van der Waals surface area contributed by atoms with Crippen LogP contribution in [0.5, 0.6) is 5.75 Å². The lowest BCUT2D eigenvalue weighted by molar-refractivity contribution is -0.144. The summed E-state index contributed by atoms with van der Waals surface area (Å²) in [6, 6.07) is 15.9. The van der Waals surface area contributed by atoms with E-state index in [4.69, 9.17) is 21.1 Å². The molecule has 2 aromatic carbocycles. The van der Waals surface area contributed by atoms with E-state index in [9.17, 15) is 18.0 Å². The first kappa shape index (κ1) is 28.4. The van der Waals surface area contributed by atoms with E-state index < -0.39 is 16.0 Å². The van der Waals surface area contributed by atoms with Gasteiger partial charge >= 0.3 is 5.97 Å². The fourth-order valence-corrected chi connectivity index (χ4v) is 6.42. The number of thiophene rings is 1. The van der Waals surface area contributed by atoms with Crippen molar-refractivity contribution >= 4 is 61.6 Å². The molecule has 0 bridgehead atoms. The molecule has 206 valence electrons. The molecule has 0 aliphatic carbocycles. The molecule has 4 aromatic rings. The van der Waals surface area contributed by atoms with Crippen LogP contribution >= 0.6 is 22.9 Å². The lowest BCUT2D eigenvalue weighted by Crippen LogP contribution is -2.23. The predicted octanol–water partition coefficient (Wildman–Crippen LogP) is 4.57. The number of carbonyl (C=O) groups is 2. The van der Waals surface area contributed by atoms with Gasteiger partial charge < -0.3 is 14.8 Å². The number of hydrogen-bond acceptors (Lipinski definition) is 8. The van der Waals surface area contributed by atoms with Crippen LogP contribution in [0.15, 0.2) is 58.8 Å². The summed E-state index contributed by atoms with van der Waals surface area (Å²) in [5.41, 5.74) is 2.43. The van der Waals surface area contributed by atoms with Gasteiger partial charge in [0.2, 0.25) is 5.91 Å². The first-order valence-electron chi connectivity index (χ1n) is 12.0. The third-order valence-electron chi connectivity index (χ3n) is 5.68. The Morgan fingerprint density at radius 3 is 2.56 bits per heavy atom. The summed E-state index contributed by atoms with van der Waals surface area (Å²) in [5, 5.41) is 7.91. The van der Waals surface area contributed by atoms with E-state index in [-0.39, 0.29) is 41.9 Å². The molecule has 0 fully saturated rings. The van der Waals surface area contributed by atoms with Crippen molar-refractivity contribution < 1.29 is 27.5 Å². The molecule has 2 N–H and O–H groups in total. The summed E-state index contributed by atoms with van der Waals surface area (Å²) in [7, 11) is -2.41. The van der Waals surface area contributed by atoms with Crippen LogP contribution in [-0.2, 0) is 37.4 Å². The van der Waals surface area contributed by atoms with Crippen LogP contribution in [0.2, 0.25) is 4.34 Å². The highest BCUT2D eigenvalue weighted by Crippen LogP contribution is 2.35. The van der Waals surface area contributed by atoms with Gasteiger partial charge in [-0.05, 0) is 42.3 Å². The standard InChI is InChI=1S/C26H27ClN4O6S2/c1-3-37-23(33)12-11-22(32)28-15-17-6-4-7-18(14-17)16-31-19-8-5-9-20(36-2)25(19)26(29-31)30-39(34,35)24-13-10-21(27)38-24/h4-10,13-14H,3,11-12,15-16H2,1-2H3,(H,28,32)(H,29,30). The summed E-state index contributed by atoms with van der Waals surface area (Å²) in [4.78, 5) is 23.6. The van der Waals surface area contributed by atoms with Gasteiger partial charge in [0, 0.05) is 13.0 Å². The third-order valence-corrected chi connectivity index (χ3v) is 8.74. The molecule has 10 nitrogen and oxygen atoms in total. The zero-order chi connectivity index (χ0) is 28.0. The number of rotatable bonds is 12. The van der Waals surface area contributed by atoms with E-state index in [1.807, 2.05) is 30.3 Å². The summed E-state index contributed by atoms with van der Waals surface area (Å²) in [6.07, 6.45) is 0.0805. The number of nitrogens with one attached hydrogen (secondary N) is 2. The van der Waals surface area contributed by atoms with E-state index in [0.29, 0.717) is 27.5 Å². The van der Waals surface area contributed by atoms with Crippen molar-refractivity contribution in [3.8, 4) is 5.75 Å². The van der Waals surface area contributed by atoms with Gasteiger partial charge in [0.1, 0.15) is 9.96 Å². The molecule has 0 atom stereocenters. The molecule has 0 radical (unpaired) electrons. The normalized spacial score (nSPS) is 11.4. The molecule has 2 heterocycles. The van der Waals surface area contributed by atoms with Crippen LogP contribution in [0, 0.1) is 0 Å². The van der Waals surface area contributed by atoms with Gasteiger partial charge in [-0.25, -0.2) is 8.42 Å². The number of esters is 1. The molecule has 0 saturated carbocycles. The van der Waals surface area contributed by atoms with Crippen molar-refractivity contribution in [3.05, 3.63) is 70.1 Å². The Balaban J connectivity index is 1.53. The average Bonchev–Trinajstić information content (AvgIpc) is 3.50. The van der Waals surface area contributed by atoms with Crippen LogP contribution in [-0.4, -0.2) is 43.8 Å². The third kappa shape index (κ3) is 7.08. The molecule has 2 aromatic heterocycles. The lowest BCUT2D eigenvalue weighted by Gasteiger charge is -2.09. The van der Waals surface area contributed by atoms with Gasteiger partial charge in [0.15, 0.2) is 5.82 Å². The van der Waals surface area contributed by atoms with Crippen LogP contribution in [0.4, 0.5) is 5.82 Å². The highest BCUT2D eigenvalue weighted by molar-refractivity contribution is 7.94. The molecule has 0 spiro atoms. The molecular formula is C26H27ClN4O6S2. The number of benzene rings is 2. The highest BCUT2D eigenvalue weighted by Gasteiger charge is 2.23. The maximum atomic E-state index is 13.0. The largest absolute Gasteiger partial charge is 0.496 e. The van der Waals surface area contributed by atoms with E-state index in [2.05, 4.69) is 15.1 Å². The van der Waals surface area contributed by atoms with Gasteiger partial charge in [0.25, 0.3) is 10.0 Å². The summed E-state index contributed by atoms with van der Waals surface area (Å²) < 4.78 is 41.1. The molecular weight excluding hydrogens is 564 g/mol. The van der Waals surface area contributed by atoms with E-state index in [1.165, 1.54) is 19.2 Å². The molecule has 0 unspecified atom stereocenters. The molecule has 0 aliphatic heterocycles. The number of ether oxygens (including phenoxy) is 2. The number of aromatic nitrogens is 2. The predicted molar refractivity (Wildman–Crippen MR) is 150 cm³/mol. The van der Waals surface area contributed by atoms with Gasteiger partial charge in [0.05, 0.1) is 41.9 Å². The zero-order valence-electron chi connectivity index (χ0n) is 21.3. The minimum atomic E-state index is -3.92. The average molecular weight is 591 g/mol. The first-order chi connectivity index (χ1) is 18.7. The Morgan fingerprint density at radius 2 is 1.85 bits per heavy atom. The summed E-state index contributed by atoms with van der Waals surface area (Å²) in [6.45, 7) is 2.62. The number of amides is 1. The number of anilines is 1. The second-order valence-corrected chi connectivity index (χ2v) is 12.1. The van der Waals surface area contributed by atoms with E-state index >= 15 is 0 Å². The van der Waals surface area contributed by atoms with Crippen LogP contribution in [0.3, 0.4) is 0 Å².